The molecule has 23 heavy (non-hydrogen) atoms. The van der Waals surface area contributed by atoms with Crippen molar-refractivity contribution in [1.29, 1.82) is 0 Å². The number of rotatable bonds is 5. The molecular weight excluding hydrogens is 288 g/mol. The van der Waals surface area contributed by atoms with Gasteiger partial charge in [0.15, 0.2) is 0 Å². The van der Waals surface area contributed by atoms with Gasteiger partial charge >= 0.3 is 0 Å². The summed E-state index contributed by atoms with van der Waals surface area (Å²) in [6.45, 7) is 1.68. The highest BCUT2D eigenvalue weighted by molar-refractivity contribution is 5.77. The molecule has 1 saturated carbocycles. The summed E-state index contributed by atoms with van der Waals surface area (Å²) in [7, 11) is 5.91. The van der Waals surface area contributed by atoms with Crippen molar-refractivity contribution < 1.29 is 9.53 Å². The number of likely N-dealkylation sites (N-methyl/N-ethyl adjacent to an activating group) is 1. The summed E-state index contributed by atoms with van der Waals surface area (Å²) in [6.07, 6.45) is 4.51. The maximum Gasteiger partial charge on any atom is 0.222 e. The topological polar surface area (TPSA) is 32.8 Å². The zero-order valence-electron chi connectivity index (χ0n) is 14.5. The minimum atomic E-state index is 0.345. The van der Waals surface area contributed by atoms with E-state index >= 15 is 0 Å². The van der Waals surface area contributed by atoms with Gasteiger partial charge < -0.3 is 14.5 Å². The second-order valence-corrected chi connectivity index (χ2v) is 7.21. The number of carbonyl (C=O) groups is 1. The van der Waals surface area contributed by atoms with E-state index in [0.29, 0.717) is 23.8 Å². The van der Waals surface area contributed by atoms with Crippen LogP contribution in [0.15, 0.2) is 24.3 Å². The molecule has 2 fully saturated rings. The van der Waals surface area contributed by atoms with E-state index < -0.39 is 0 Å². The number of amides is 1. The van der Waals surface area contributed by atoms with Gasteiger partial charge in [-0.25, -0.2) is 0 Å². The zero-order chi connectivity index (χ0) is 16.4. The van der Waals surface area contributed by atoms with Crippen LogP contribution in [0.5, 0.6) is 5.75 Å². The van der Waals surface area contributed by atoms with Gasteiger partial charge in [-0.2, -0.15) is 0 Å². The number of benzene rings is 1. The van der Waals surface area contributed by atoms with Gasteiger partial charge in [0.1, 0.15) is 5.75 Å². The van der Waals surface area contributed by atoms with Gasteiger partial charge in [0.25, 0.3) is 0 Å². The fourth-order valence-electron chi connectivity index (χ4n) is 3.77. The Kier molecular flexibility index (Phi) is 4.90. The standard InChI is InChI=1S/C19H28N2O2/c1-20(2)18-13-21(19(22)11-14-5-4-6-14)12-17(18)15-7-9-16(23-3)10-8-15/h7-10,14,17-18H,4-6,11-13H2,1-3H3/t17-,18+/m0/s1. The molecule has 126 valence electrons. The van der Waals surface area contributed by atoms with Crippen LogP contribution in [0.1, 0.15) is 37.2 Å². The minimum Gasteiger partial charge on any atom is -0.497 e. The molecule has 1 aliphatic heterocycles. The van der Waals surface area contributed by atoms with E-state index in [1.165, 1.54) is 24.8 Å². The summed E-state index contributed by atoms with van der Waals surface area (Å²) in [6, 6.07) is 8.69. The molecule has 2 atom stereocenters. The molecule has 2 aliphatic rings. The fourth-order valence-corrected chi connectivity index (χ4v) is 3.77. The first kappa shape index (κ1) is 16.3. The van der Waals surface area contributed by atoms with E-state index in [1.54, 1.807) is 7.11 Å². The Hall–Kier alpha value is -1.55. The van der Waals surface area contributed by atoms with Crippen LogP contribution in [-0.4, -0.2) is 56.0 Å². The van der Waals surface area contributed by atoms with Gasteiger partial charge in [-0.3, -0.25) is 4.79 Å². The maximum atomic E-state index is 12.6. The van der Waals surface area contributed by atoms with E-state index in [9.17, 15) is 4.79 Å². The molecule has 0 spiro atoms. The number of carbonyl (C=O) groups excluding carboxylic acids is 1. The van der Waals surface area contributed by atoms with Crippen LogP contribution in [0, 0.1) is 5.92 Å². The summed E-state index contributed by atoms with van der Waals surface area (Å²) < 4.78 is 5.25. The Morgan fingerprint density at radius 3 is 2.43 bits per heavy atom. The lowest BCUT2D eigenvalue weighted by molar-refractivity contribution is -0.132. The maximum absolute atomic E-state index is 12.6. The number of hydrogen-bond donors (Lipinski definition) is 0. The summed E-state index contributed by atoms with van der Waals surface area (Å²) in [5.74, 6) is 2.24. The average Bonchev–Trinajstić information content (AvgIpc) is 2.96. The molecular formula is C19H28N2O2. The van der Waals surface area contributed by atoms with Crippen molar-refractivity contribution in [3.05, 3.63) is 29.8 Å². The Labute approximate surface area is 139 Å². The average molecular weight is 316 g/mol. The molecule has 1 heterocycles. The van der Waals surface area contributed by atoms with Gasteiger partial charge in [-0.05, 0) is 50.6 Å². The van der Waals surface area contributed by atoms with Crippen molar-refractivity contribution in [3.63, 3.8) is 0 Å². The molecule has 3 rings (SSSR count). The van der Waals surface area contributed by atoms with Crippen LogP contribution in [0.4, 0.5) is 0 Å². The first-order valence-electron chi connectivity index (χ1n) is 8.66. The zero-order valence-corrected chi connectivity index (χ0v) is 14.5. The van der Waals surface area contributed by atoms with Gasteiger partial charge in [-0.1, -0.05) is 18.6 Å². The lowest BCUT2D eigenvalue weighted by Gasteiger charge is -2.27. The first-order chi connectivity index (χ1) is 11.1. The van der Waals surface area contributed by atoms with Crippen molar-refractivity contribution in [2.75, 3.05) is 34.3 Å². The molecule has 0 unspecified atom stereocenters. The Morgan fingerprint density at radius 1 is 1.22 bits per heavy atom. The van der Waals surface area contributed by atoms with E-state index in [4.69, 9.17) is 4.74 Å². The first-order valence-corrected chi connectivity index (χ1v) is 8.66. The van der Waals surface area contributed by atoms with Crippen LogP contribution < -0.4 is 4.74 Å². The van der Waals surface area contributed by atoms with Crippen molar-refractivity contribution in [1.82, 2.24) is 9.80 Å². The lowest BCUT2D eigenvalue weighted by atomic mass is 9.83. The van der Waals surface area contributed by atoms with Crippen molar-refractivity contribution in [3.8, 4) is 5.75 Å². The van der Waals surface area contributed by atoms with Crippen molar-refractivity contribution in [2.45, 2.75) is 37.6 Å². The predicted octanol–water partition coefficient (Wildman–Crippen LogP) is 2.74. The molecule has 1 amide bonds. The van der Waals surface area contributed by atoms with Crippen molar-refractivity contribution >= 4 is 5.91 Å². The Balaban J connectivity index is 1.71. The van der Waals surface area contributed by atoms with Crippen LogP contribution in [0.3, 0.4) is 0 Å². The largest absolute Gasteiger partial charge is 0.497 e. The summed E-state index contributed by atoms with van der Waals surface area (Å²) in [5.41, 5.74) is 1.29. The summed E-state index contributed by atoms with van der Waals surface area (Å²) in [4.78, 5) is 16.9. The molecule has 0 N–H and O–H groups in total. The van der Waals surface area contributed by atoms with Gasteiger partial charge in [0.2, 0.25) is 5.91 Å². The third-order valence-electron chi connectivity index (χ3n) is 5.54. The minimum absolute atomic E-state index is 0.345. The number of methoxy groups -OCH3 is 1. The van der Waals surface area contributed by atoms with Crippen LogP contribution in [0.25, 0.3) is 0 Å². The SMILES string of the molecule is COc1ccc([C@@H]2CN(C(=O)CC3CCC3)C[C@H]2N(C)C)cc1. The van der Waals surface area contributed by atoms with E-state index in [0.717, 1.165) is 25.3 Å². The van der Waals surface area contributed by atoms with E-state index in [1.807, 2.05) is 12.1 Å². The second kappa shape index (κ2) is 6.91. The number of nitrogens with zero attached hydrogens (tertiary/aromatic N) is 2. The summed E-state index contributed by atoms with van der Waals surface area (Å²) >= 11 is 0. The number of hydrogen-bond acceptors (Lipinski definition) is 3. The Bertz CT molecular complexity index is 537. The fraction of sp³-hybridized carbons (Fsp3) is 0.632. The lowest BCUT2D eigenvalue weighted by Crippen LogP contribution is -2.36. The molecule has 1 aromatic rings. The van der Waals surface area contributed by atoms with E-state index in [-0.39, 0.29) is 0 Å². The molecule has 1 aliphatic carbocycles. The Morgan fingerprint density at radius 2 is 1.91 bits per heavy atom. The molecule has 0 bridgehead atoms. The highest BCUT2D eigenvalue weighted by Crippen LogP contribution is 2.34. The van der Waals surface area contributed by atoms with Gasteiger partial charge in [-0.15, -0.1) is 0 Å². The normalized spacial score (nSPS) is 24.8. The third kappa shape index (κ3) is 3.52. The van der Waals surface area contributed by atoms with Gasteiger partial charge in [0, 0.05) is 31.5 Å². The number of ether oxygens (including phenoxy) is 1. The molecule has 0 radical (unpaired) electrons. The quantitative estimate of drug-likeness (QED) is 0.837. The van der Waals surface area contributed by atoms with Crippen LogP contribution in [-0.2, 0) is 4.79 Å². The molecule has 1 saturated heterocycles. The van der Waals surface area contributed by atoms with Gasteiger partial charge in [0.05, 0.1) is 7.11 Å². The third-order valence-corrected chi connectivity index (χ3v) is 5.54. The van der Waals surface area contributed by atoms with Crippen LogP contribution in [0.2, 0.25) is 0 Å². The second-order valence-electron chi connectivity index (χ2n) is 7.21. The smallest absolute Gasteiger partial charge is 0.222 e. The monoisotopic (exact) mass is 316 g/mol. The van der Waals surface area contributed by atoms with Crippen molar-refractivity contribution in [2.24, 2.45) is 5.92 Å². The van der Waals surface area contributed by atoms with Crippen LogP contribution >= 0.6 is 0 Å². The molecule has 4 nitrogen and oxygen atoms in total. The molecule has 4 heteroatoms. The highest BCUT2D eigenvalue weighted by Gasteiger charge is 2.38. The summed E-state index contributed by atoms with van der Waals surface area (Å²) in [5, 5.41) is 0. The molecule has 0 aromatic heterocycles. The predicted molar refractivity (Wildman–Crippen MR) is 91.7 cm³/mol. The number of likely N-dealkylation sites (tertiary alicyclic amines) is 1. The highest BCUT2D eigenvalue weighted by atomic mass is 16.5. The molecule has 1 aromatic carbocycles. The van der Waals surface area contributed by atoms with E-state index in [2.05, 4.69) is 36.0 Å².